The highest BCUT2D eigenvalue weighted by atomic mass is 16.5. The van der Waals surface area contributed by atoms with E-state index in [1.54, 1.807) is 6.92 Å². The van der Waals surface area contributed by atoms with Crippen LogP contribution < -0.4 is 4.74 Å². The van der Waals surface area contributed by atoms with Crippen molar-refractivity contribution in [1.29, 1.82) is 0 Å². The van der Waals surface area contributed by atoms with Crippen molar-refractivity contribution in [2.45, 2.75) is 59.0 Å². The highest BCUT2D eigenvalue weighted by molar-refractivity contribution is 5.94. The summed E-state index contributed by atoms with van der Waals surface area (Å²) in [5.41, 5.74) is 5.38. The quantitative estimate of drug-likeness (QED) is 0.337. The first-order chi connectivity index (χ1) is 15.9. The minimum atomic E-state index is -0.795. The first kappa shape index (κ1) is 24.2. The first-order valence-electron chi connectivity index (χ1n) is 11.4. The first-order valence-corrected chi connectivity index (χ1v) is 11.4. The SMILES string of the molecule is CCCC[C@H](Oc1ccc(CCC(=O)O)c(C)c1)c1cccc(-c2ccc(C(C)=O)cc2)n1. The number of hydrogen-bond acceptors (Lipinski definition) is 4. The van der Waals surface area contributed by atoms with Gasteiger partial charge < -0.3 is 9.84 Å². The number of unbranched alkanes of at least 4 members (excludes halogenated alkanes) is 1. The van der Waals surface area contributed by atoms with Gasteiger partial charge in [-0.05, 0) is 68.5 Å². The van der Waals surface area contributed by atoms with Gasteiger partial charge in [-0.3, -0.25) is 9.59 Å². The third-order valence-electron chi connectivity index (χ3n) is 5.71. The lowest BCUT2D eigenvalue weighted by Crippen LogP contribution is -2.10. The summed E-state index contributed by atoms with van der Waals surface area (Å²) in [4.78, 5) is 27.3. The minimum absolute atomic E-state index is 0.0422. The molecule has 1 heterocycles. The van der Waals surface area contributed by atoms with Gasteiger partial charge in [-0.1, -0.05) is 49.7 Å². The number of carboxylic acids is 1. The molecule has 1 N–H and O–H groups in total. The number of pyridine rings is 1. The van der Waals surface area contributed by atoms with Crippen molar-refractivity contribution in [3.05, 3.63) is 83.0 Å². The largest absolute Gasteiger partial charge is 0.484 e. The normalized spacial score (nSPS) is 11.7. The van der Waals surface area contributed by atoms with Crippen molar-refractivity contribution in [3.8, 4) is 17.0 Å². The Morgan fingerprint density at radius 2 is 1.82 bits per heavy atom. The van der Waals surface area contributed by atoms with Crippen molar-refractivity contribution in [3.63, 3.8) is 0 Å². The number of aromatic nitrogens is 1. The molecule has 2 aromatic carbocycles. The molecule has 0 aliphatic carbocycles. The van der Waals surface area contributed by atoms with Crippen molar-refractivity contribution in [2.24, 2.45) is 0 Å². The Hall–Kier alpha value is -3.47. The van der Waals surface area contributed by atoms with Gasteiger partial charge in [0.2, 0.25) is 0 Å². The topological polar surface area (TPSA) is 76.5 Å². The zero-order valence-corrected chi connectivity index (χ0v) is 19.5. The molecule has 0 spiro atoms. The highest BCUT2D eigenvalue weighted by Crippen LogP contribution is 2.29. The van der Waals surface area contributed by atoms with Crippen LogP contribution in [-0.2, 0) is 11.2 Å². The van der Waals surface area contributed by atoms with Crippen LogP contribution in [0, 0.1) is 6.92 Å². The van der Waals surface area contributed by atoms with E-state index < -0.39 is 5.97 Å². The van der Waals surface area contributed by atoms with Crippen LogP contribution in [0.4, 0.5) is 0 Å². The smallest absolute Gasteiger partial charge is 0.303 e. The van der Waals surface area contributed by atoms with E-state index in [0.29, 0.717) is 12.0 Å². The van der Waals surface area contributed by atoms with Gasteiger partial charge in [0.1, 0.15) is 11.9 Å². The Bertz CT molecular complexity index is 1110. The second-order valence-electron chi connectivity index (χ2n) is 8.31. The van der Waals surface area contributed by atoms with Gasteiger partial charge in [0.25, 0.3) is 0 Å². The minimum Gasteiger partial charge on any atom is -0.484 e. The molecule has 0 saturated carbocycles. The molecule has 5 heteroatoms. The molecule has 3 rings (SSSR count). The van der Waals surface area contributed by atoms with E-state index in [9.17, 15) is 9.59 Å². The van der Waals surface area contributed by atoms with Gasteiger partial charge in [0, 0.05) is 17.5 Å². The molecule has 1 atom stereocenters. The van der Waals surface area contributed by atoms with Gasteiger partial charge in [0.05, 0.1) is 11.4 Å². The number of carboxylic acid groups (broad SMARTS) is 1. The zero-order valence-electron chi connectivity index (χ0n) is 19.5. The number of ether oxygens (including phenoxy) is 1. The summed E-state index contributed by atoms with van der Waals surface area (Å²) in [5.74, 6) is 0.00231. The van der Waals surface area contributed by atoms with Crippen LogP contribution in [0.15, 0.2) is 60.7 Å². The van der Waals surface area contributed by atoms with E-state index in [1.807, 2.05) is 67.6 Å². The number of aryl methyl sites for hydroxylation is 2. The number of carbonyl (C=O) groups is 2. The Balaban J connectivity index is 1.83. The van der Waals surface area contributed by atoms with Gasteiger partial charge in [-0.15, -0.1) is 0 Å². The van der Waals surface area contributed by atoms with Crippen LogP contribution >= 0.6 is 0 Å². The summed E-state index contributed by atoms with van der Waals surface area (Å²) in [6.45, 7) is 5.69. The van der Waals surface area contributed by atoms with E-state index in [1.165, 1.54) is 0 Å². The molecule has 0 fully saturated rings. The summed E-state index contributed by atoms with van der Waals surface area (Å²) in [6, 6.07) is 19.3. The highest BCUT2D eigenvalue weighted by Gasteiger charge is 2.16. The van der Waals surface area contributed by atoms with Gasteiger partial charge >= 0.3 is 5.97 Å². The fourth-order valence-electron chi connectivity index (χ4n) is 3.75. The fraction of sp³-hybridized carbons (Fsp3) is 0.321. The molecule has 0 radical (unpaired) electrons. The average Bonchev–Trinajstić information content (AvgIpc) is 2.81. The standard InChI is InChI=1S/C28H31NO4/c1-4-5-9-27(33-24-16-14-21(19(2)18-24)15-17-28(31)32)26-8-6-7-25(29-26)23-12-10-22(11-13-23)20(3)30/h6-8,10-14,16,18,27H,4-5,9,15,17H2,1-3H3,(H,31,32)/t27-/m0/s1. The zero-order chi connectivity index (χ0) is 23.8. The van der Waals surface area contributed by atoms with Gasteiger partial charge in [-0.2, -0.15) is 0 Å². The van der Waals surface area contributed by atoms with Crippen LogP contribution in [0.25, 0.3) is 11.3 Å². The number of benzene rings is 2. The maximum atomic E-state index is 11.6. The molecule has 0 saturated heterocycles. The number of ketones is 1. The summed E-state index contributed by atoms with van der Waals surface area (Å²) < 4.78 is 6.38. The molecule has 0 aliphatic heterocycles. The third kappa shape index (κ3) is 6.75. The summed E-state index contributed by atoms with van der Waals surface area (Å²) in [7, 11) is 0. The molecule has 3 aromatic rings. The summed E-state index contributed by atoms with van der Waals surface area (Å²) >= 11 is 0. The number of rotatable bonds is 11. The van der Waals surface area contributed by atoms with E-state index >= 15 is 0 Å². The average molecular weight is 446 g/mol. The second kappa shape index (κ2) is 11.4. The second-order valence-corrected chi connectivity index (χ2v) is 8.31. The maximum absolute atomic E-state index is 11.6. The van der Waals surface area contributed by atoms with Crippen molar-refractivity contribution in [1.82, 2.24) is 4.98 Å². The molecule has 0 bridgehead atoms. The fourth-order valence-corrected chi connectivity index (χ4v) is 3.75. The molecule has 0 unspecified atom stereocenters. The van der Waals surface area contributed by atoms with Crippen LogP contribution in [0.5, 0.6) is 5.75 Å². The van der Waals surface area contributed by atoms with E-state index in [0.717, 1.165) is 53.1 Å². The molecule has 5 nitrogen and oxygen atoms in total. The summed E-state index contributed by atoms with van der Waals surface area (Å²) in [6.07, 6.45) is 3.34. The lowest BCUT2D eigenvalue weighted by molar-refractivity contribution is -0.136. The van der Waals surface area contributed by atoms with Crippen LogP contribution in [0.3, 0.4) is 0 Å². The Morgan fingerprint density at radius 3 is 2.45 bits per heavy atom. The predicted octanol–water partition coefficient (Wildman–Crippen LogP) is 6.59. The van der Waals surface area contributed by atoms with Crippen molar-refractivity contribution >= 4 is 11.8 Å². The molecule has 33 heavy (non-hydrogen) atoms. The number of hydrogen-bond donors (Lipinski definition) is 1. The molecular formula is C28H31NO4. The van der Waals surface area contributed by atoms with Crippen molar-refractivity contribution < 1.29 is 19.4 Å². The van der Waals surface area contributed by atoms with E-state index in [4.69, 9.17) is 14.8 Å². The molecule has 0 amide bonds. The number of carbonyl (C=O) groups excluding carboxylic acids is 1. The third-order valence-corrected chi connectivity index (χ3v) is 5.71. The number of Topliss-reactive ketones (excluding diaryl/α,β-unsaturated/α-hetero) is 1. The molecular weight excluding hydrogens is 414 g/mol. The van der Waals surface area contributed by atoms with Crippen LogP contribution in [0.2, 0.25) is 0 Å². The summed E-state index contributed by atoms with van der Waals surface area (Å²) in [5, 5.41) is 8.94. The molecule has 0 aliphatic rings. The lowest BCUT2D eigenvalue weighted by Gasteiger charge is -2.20. The van der Waals surface area contributed by atoms with Crippen molar-refractivity contribution in [2.75, 3.05) is 0 Å². The Morgan fingerprint density at radius 1 is 1.06 bits per heavy atom. The van der Waals surface area contributed by atoms with Gasteiger partial charge in [-0.25, -0.2) is 4.98 Å². The van der Waals surface area contributed by atoms with E-state index in [-0.39, 0.29) is 18.3 Å². The van der Waals surface area contributed by atoms with Crippen LogP contribution in [0.1, 0.15) is 72.8 Å². The monoisotopic (exact) mass is 445 g/mol. The number of aliphatic carboxylic acids is 1. The van der Waals surface area contributed by atoms with Gasteiger partial charge in [0.15, 0.2) is 5.78 Å². The molecule has 1 aromatic heterocycles. The Labute approximate surface area is 195 Å². The predicted molar refractivity (Wildman–Crippen MR) is 130 cm³/mol. The van der Waals surface area contributed by atoms with E-state index in [2.05, 4.69) is 6.92 Å². The molecule has 172 valence electrons. The lowest BCUT2D eigenvalue weighted by atomic mass is 10.0. The Kier molecular flexibility index (Phi) is 8.36. The van der Waals surface area contributed by atoms with Crippen LogP contribution in [-0.4, -0.2) is 21.8 Å². The number of nitrogens with zero attached hydrogens (tertiary/aromatic N) is 1. The maximum Gasteiger partial charge on any atom is 0.303 e.